The third-order valence-corrected chi connectivity index (χ3v) is 6.77. The van der Waals surface area contributed by atoms with E-state index in [0.29, 0.717) is 30.8 Å². The summed E-state index contributed by atoms with van der Waals surface area (Å²) in [6.07, 6.45) is 12.5. The number of rotatable bonds is 16. The molecule has 0 saturated heterocycles. The number of hydrogen-bond donors (Lipinski definition) is 3. The van der Waals surface area contributed by atoms with Gasteiger partial charge in [0.2, 0.25) is 0 Å². The number of Topliss-reactive ketones (excluding diaryl/α,β-unsaturated/α-hetero) is 1. The van der Waals surface area contributed by atoms with Gasteiger partial charge in [-0.2, -0.15) is 11.8 Å². The van der Waals surface area contributed by atoms with Crippen LogP contribution in [0.5, 0.6) is 0 Å². The van der Waals surface area contributed by atoms with E-state index in [4.69, 9.17) is 10.2 Å². The number of carboxylic acids is 1. The summed E-state index contributed by atoms with van der Waals surface area (Å²) in [5.41, 5.74) is 0. The quantitative estimate of drug-likeness (QED) is 0.259. The third kappa shape index (κ3) is 10.1. The lowest BCUT2D eigenvalue weighted by molar-refractivity contribution is -0.137. The van der Waals surface area contributed by atoms with Crippen LogP contribution in [-0.2, 0) is 9.59 Å². The minimum Gasteiger partial charge on any atom is -0.481 e. The molecule has 4 atom stereocenters. The lowest BCUT2D eigenvalue weighted by atomic mass is 9.89. The highest BCUT2D eigenvalue weighted by molar-refractivity contribution is 8.00. The molecule has 1 saturated carbocycles. The zero-order valence-electron chi connectivity index (χ0n) is 17.2. The Hall–Kier alpha value is -0.850. The molecular formula is C22H38O5S. The van der Waals surface area contributed by atoms with Crippen molar-refractivity contribution < 1.29 is 24.9 Å². The van der Waals surface area contributed by atoms with E-state index >= 15 is 0 Å². The van der Waals surface area contributed by atoms with Crippen LogP contribution in [0.3, 0.4) is 0 Å². The van der Waals surface area contributed by atoms with Gasteiger partial charge in [-0.1, -0.05) is 51.2 Å². The highest BCUT2D eigenvalue weighted by atomic mass is 32.2. The van der Waals surface area contributed by atoms with Crippen LogP contribution in [0, 0.1) is 11.8 Å². The number of carbonyl (C=O) groups excluding carboxylic acids is 1. The summed E-state index contributed by atoms with van der Waals surface area (Å²) in [7, 11) is 0. The maximum absolute atomic E-state index is 12.6. The van der Waals surface area contributed by atoms with Gasteiger partial charge < -0.3 is 15.3 Å². The fraction of sp³-hybridized carbons (Fsp3) is 0.818. The second-order valence-corrected chi connectivity index (χ2v) is 9.14. The van der Waals surface area contributed by atoms with Crippen LogP contribution in [0.15, 0.2) is 12.2 Å². The number of aliphatic hydroxyl groups excluding tert-OH is 2. The lowest BCUT2D eigenvalue weighted by Crippen LogP contribution is -2.18. The number of carboxylic acid groups (broad SMARTS) is 1. The van der Waals surface area contributed by atoms with E-state index in [0.717, 1.165) is 44.9 Å². The zero-order chi connectivity index (χ0) is 20.8. The SMILES string of the molecule is CCCC[C@H](O)CC=C[C@H]1[C@H](SCCO)CC(=O)[C@@H]1CCCCCCC(=O)O. The average Bonchev–Trinajstić information content (AvgIpc) is 2.95. The molecule has 0 aromatic rings. The van der Waals surface area contributed by atoms with Crippen molar-refractivity contribution in [2.24, 2.45) is 11.8 Å². The van der Waals surface area contributed by atoms with E-state index in [1.807, 2.05) is 6.08 Å². The van der Waals surface area contributed by atoms with Crippen LogP contribution in [0.25, 0.3) is 0 Å². The molecule has 162 valence electrons. The molecule has 0 unspecified atom stereocenters. The summed E-state index contributed by atoms with van der Waals surface area (Å²) >= 11 is 1.67. The van der Waals surface area contributed by atoms with Crippen molar-refractivity contribution in [2.75, 3.05) is 12.4 Å². The Morgan fingerprint density at radius 1 is 1.25 bits per heavy atom. The molecule has 0 aliphatic heterocycles. The second-order valence-electron chi connectivity index (χ2n) is 7.79. The normalized spacial score (nSPS) is 23.5. The van der Waals surface area contributed by atoms with Crippen molar-refractivity contribution in [1.82, 2.24) is 0 Å². The first-order chi connectivity index (χ1) is 13.5. The van der Waals surface area contributed by atoms with Crippen LogP contribution < -0.4 is 0 Å². The highest BCUT2D eigenvalue weighted by Gasteiger charge is 2.40. The predicted molar refractivity (Wildman–Crippen MR) is 115 cm³/mol. The molecule has 6 heteroatoms. The Morgan fingerprint density at radius 3 is 2.68 bits per heavy atom. The van der Waals surface area contributed by atoms with Gasteiger partial charge in [0.15, 0.2) is 0 Å². The zero-order valence-corrected chi connectivity index (χ0v) is 18.0. The first-order valence-electron chi connectivity index (χ1n) is 10.8. The molecule has 0 bridgehead atoms. The Labute approximate surface area is 174 Å². The lowest BCUT2D eigenvalue weighted by Gasteiger charge is -2.20. The molecule has 5 nitrogen and oxygen atoms in total. The third-order valence-electron chi connectivity index (χ3n) is 5.45. The first kappa shape index (κ1) is 25.2. The first-order valence-corrected chi connectivity index (χ1v) is 11.9. The number of hydrogen-bond acceptors (Lipinski definition) is 5. The van der Waals surface area contributed by atoms with Crippen molar-refractivity contribution in [3.8, 4) is 0 Å². The molecular weight excluding hydrogens is 376 g/mol. The van der Waals surface area contributed by atoms with Crippen LogP contribution in [0.2, 0.25) is 0 Å². The van der Waals surface area contributed by atoms with Gasteiger partial charge in [0.05, 0.1) is 12.7 Å². The largest absolute Gasteiger partial charge is 0.481 e. The smallest absolute Gasteiger partial charge is 0.303 e. The van der Waals surface area contributed by atoms with Gasteiger partial charge in [-0.25, -0.2) is 0 Å². The van der Waals surface area contributed by atoms with Gasteiger partial charge in [0, 0.05) is 29.8 Å². The van der Waals surface area contributed by atoms with Gasteiger partial charge in [0.25, 0.3) is 0 Å². The van der Waals surface area contributed by atoms with Crippen molar-refractivity contribution >= 4 is 23.5 Å². The molecule has 1 aliphatic carbocycles. The molecule has 0 aromatic heterocycles. The summed E-state index contributed by atoms with van der Waals surface area (Å²) in [5.74, 6) is 0.382. The molecule has 0 heterocycles. The maximum Gasteiger partial charge on any atom is 0.303 e. The summed E-state index contributed by atoms with van der Waals surface area (Å²) in [6.45, 7) is 2.23. The average molecular weight is 415 g/mol. The van der Waals surface area contributed by atoms with Crippen LogP contribution in [0.4, 0.5) is 0 Å². The number of aliphatic hydroxyl groups is 2. The van der Waals surface area contributed by atoms with Crippen molar-refractivity contribution in [1.29, 1.82) is 0 Å². The topological polar surface area (TPSA) is 94.8 Å². The molecule has 1 rings (SSSR count). The fourth-order valence-electron chi connectivity index (χ4n) is 3.89. The molecule has 1 fully saturated rings. The van der Waals surface area contributed by atoms with Gasteiger partial charge in [-0.05, 0) is 31.6 Å². The molecule has 28 heavy (non-hydrogen) atoms. The van der Waals surface area contributed by atoms with Crippen LogP contribution >= 0.6 is 11.8 Å². The van der Waals surface area contributed by atoms with Gasteiger partial charge in [0.1, 0.15) is 5.78 Å². The molecule has 1 aliphatic rings. The number of ketones is 1. The molecule has 0 radical (unpaired) electrons. The van der Waals surface area contributed by atoms with E-state index in [1.165, 1.54) is 0 Å². The minimum absolute atomic E-state index is 0.0136. The summed E-state index contributed by atoms with van der Waals surface area (Å²) in [5, 5.41) is 28.1. The van der Waals surface area contributed by atoms with E-state index in [9.17, 15) is 14.7 Å². The Bertz CT molecular complexity index is 480. The molecule has 0 spiro atoms. The van der Waals surface area contributed by atoms with E-state index in [-0.39, 0.29) is 36.2 Å². The summed E-state index contributed by atoms with van der Waals surface area (Å²) in [6, 6.07) is 0. The number of carbonyl (C=O) groups is 2. The highest BCUT2D eigenvalue weighted by Crippen LogP contribution is 2.40. The minimum atomic E-state index is -0.749. The predicted octanol–water partition coefficient (Wildman–Crippen LogP) is 4.21. The van der Waals surface area contributed by atoms with E-state index < -0.39 is 5.97 Å². The Morgan fingerprint density at radius 2 is 2.00 bits per heavy atom. The van der Waals surface area contributed by atoms with Gasteiger partial charge >= 0.3 is 5.97 Å². The van der Waals surface area contributed by atoms with Gasteiger partial charge in [-0.3, -0.25) is 9.59 Å². The molecule has 0 aromatic carbocycles. The standard InChI is InChI=1S/C22H38O5S/c1-2-3-9-17(24)10-8-12-19-18(11-6-4-5-7-13-22(26)27)20(25)16-21(19)28-15-14-23/h8,12,17-19,21,23-24H,2-7,9-11,13-16H2,1H3,(H,26,27)/t17-,18+,19+,21+/m0/s1. The fourth-order valence-corrected chi connectivity index (χ4v) is 5.08. The van der Waals surface area contributed by atoms with E-state index in [1.54, 1.807) is 11.8 Å². The summed E-state index contributed by atoms with van der Waals surface area (Å²) < 4.78 is 0. The van der Waals surface area contributed by atoms with Crippen LogP contribution in [-0.4, -0.2) is 50.8 Å². The van der Waals surface area contributed by atoms with Crippen molar-refractivity contribution in [3.05, 3.63) is 12.2 Å². The number of allylic oxidation sites excluding steroid dienone is 1. The Balaban J connectivity index is 2.54. The maximum atomic E-state index is 12.6. The van der Waals surface area contributed by atoms with Crippen molar-refractivity contribution in [3.63, 3.8) is 0 Å². The van der Waals surface area contributed by atoms with E-state index in [2.05, 4.69) is 13.0 Å². The second kappa shape index (κ2) is 15.1. The summed E-state index contributed by atoms with van der Waals surface area (Å²) in [4.78, 5) is 23.1. The van der Waals surface area contributed by atoms with Gasteiger partial charge in [-0.15, -0.1) is 0 Å². The number of thioether (sulfide) groups is 1. The molecule has 3 N–H and O–H groups in total. The molecule has 0 amide bonds. The number of unbranched alkanes of at least 4 members (excludes halogenated alkanes) is 4. The monoisotopic (exact) mass is 414 g/mol. The number of aliphatic carboxylic acids is 1. The van der Waals surface area contributed by atoms with Crippen LogP contribution in [0.1, 0.15) is 77.6 Å². The Kier molecular flexibility index (Phi) is 13.5. The van der Waals surface area contributed by atoms with Crippen molar-refractivity contribution in [2.45, 2.75) is 88.9 Å².